The first-order valence-corrected chi connectivity index (χ1v) is 13.2. The van der Waals surface area contributed by atoms with Crippen molar-refractivity contribution in [1.82, 2.24) is 14.7 Å². The van der Waals surface area contributed by atoms with Gasteiger partial charge in [-0.25, -0.2) is 0 Å². The second kappa shape index (κ2) is 9.60. The van der Waals surface area contributed by atoms with Crippen molar-refractivity contribution in [2.45, 2.75) is 38.8 Å². The second-order valence-corrected chi connectivity index (χ2v) is 10.5. The Labute approximate surface area is 208 Å². The van der Waals surface area contributed by atoms with Crippen LogP contribution >= 0.6 is 0 Å². The van der Waals surface area contributed by atoms with Gasteiger partial charge in [-0.15, -0.1) is 0 Å². The average Bonchev–Trinajstić information content (AvgIpc) is 3.39. The summed E-state index contributed by atoms with van der Waals surface area (Å²) in [5.41, 5.74) is 3.63. The normalized spacial score (nSPS) is 20.9. The summed E-state index contributed by atoms with van der Waals surface area (Å²) in [5, 5.41) is 4.63. The lowest BCUT2D eigenvalue weighted by molar-refractivity contribution is 0.0735. The molecule has 3 aliphatic rings. The maximum Gasteiger partial charge on any atom is 0.255 e. The number of fused-ring (bicyclic) bond motifs is 2. The predicted molar refractivity (Wildman–Crippen MR) is 144 cm³/mol. The average molecular weight is 466 g/mol. The molecule has 0 aromatic heterocycles. The molecule has 0 radical (unpaired) electrons. The van der Waals surface area contributed by atoms with E-state index in [0.29, 0.717) is 6.04 Å². The van der Waals surface area contributed by atoms with E-state index in [-0.39, 0.29) is 5.91 Å². The van der Waals surface area contributed by atoms with Gasteiger partial charge in [-0.2, -0.15) is 0 Å². The number of aryl methyl sites for hydroxylation is 1. The maximum atomic E-state index is 13.9. The van der Waals surface area contributed by atoms with Crippen LogP contribution in [-0.4, -0.2) is 65.9 Å². The minimum atomic E-state index is 0.213. The van der Waals surface area contributed by atoms with Gasteiger partial charge in [0, 0.05) is 51.9 Å². The number of hydrogen-bond acceptors (Lipinski definition) is 3. The van der Waals surface area contributed by atoms with E-state index in [1.165, 1.54) is 21.7 Å². The summed E-state index contributed by atoms with van der Waals surface area (Å²) < 4.78 is 0. The third-order valence-electron chi connectivity index (χ3n) is 8.12. The third-order valence-corrected chi connectivity index (χ3v) is 8.12. The number of carbonyl (C=O) groups is 1. The van der Waals surface area contributed by atoms with Crippen LogP contribution in [0.3, 0.4) is 0 Å². The lowest BCUT2D eigenvalue weighted by Gasteiger charge is -2.38. The van der Waals surface area contributed by atoms with Crippen molar-refractivity contribution in [3.8, 4) is 0 Å². The molecule has 2 saturated heterocycles. The van der Waals surface area contributed by atoms with Crippen molar-refractivity contribution in [2.75, 3.05) is 39.3 Å². The molecule has 0 saturated carbocycles. The van der Waals surface area contributed by atoms with E-state index in [9.17, 15) is 4.79 Å². The van der Waals surface area contributed by atoms with Gasteiger partial charge >= 0.3 is 0 Å². The molecule has 1 unspecified atom stereocenters. The molecule has 0 spiro atoms. The molecule has 2 aliphatic heterocycles. The van der Waals surface area contributed by atoms with Gasteiger partial charge < -0.3 is 4.90 Å². The van der Waals surface area contributed by atoms with Gasteiger partial charge in [0.1, 0.15) is 0 Å². The van der Waals surface area contributed by atoms with E-state index >= 15 is 0 Å². The highest BCUT2D eigenvalue weighted by molar-refractivity contribution is 6.07. The summed E-state index contributed by atoms with van der Waals surface area (Å²) in [4.78, 5) is 21.2. The summed E-state index contributed by atoms with van der Waals surface area (Å²) in [5.74, 6) is 0.213. The topological polar surface area (TPSA) is 26.8 Å². The molecule has 6 rings (SSSR count). The van der Waals surface area contributed by atoms with Crippen LogP contribution < -0.4 is 10.4 Å². The molecule has 4 heteroatoms. The van der Waals surface area contributed by atoms with Crippen molar-refractivity contribution in [3.05, 3.63) is 81.7 Å². The molecular weight excluding hydrogens is 430 g/mol. The third kappa shape index (κ3) is 4.53. The predicted octanol–water partition coefficient (Wildman–Crippen LogP) is 3.54. The van der Waals surface area contributed by atoms with Gasteiger partial charge in [0.25, 0.3) is 5.91 Å². The fourth-order valence-electron chi connectivity index (χ4n) is 6.09. The second-order valence-electron chi connectivity index (χ2n) is 10.5. The SMILES string of the molecule is Cc1ccc(CN2CCN(C3CCN(C(=O)c4c5c(cc6ccccc46)=CCCC=5)C3)CC2)cc1. The molecule has 0 N–H and O–H groups in total. The quantitative estimate of drug-likeness (QED) is 0.590. The standard InChI is InChI=1S/C31H35N3O/c1-23-10-12-24(13-11-23)21-32-16-18-33(19-17-32)27-14-15-34(22-27)31(35)30-28-8-4-2-6-25(28)20-26-7-3-5-9-29(26)30/h2,4,6-13,20,27H,3,5,14-19,21-22H2,1H3. The highest BCUT2D eigenvalue weighted by Gasteiger charge is 2.33. The van der Waals surface area contributed by atoms with Crippen LogP contribution in [0.25, 0.3) is 22.9 Å². The minimum Gasteiger partial charge on any atom is -0.337 e. The van der Waals surface area contributed by atoms with Crippen molar-refractivity contribution in [3.63, 3.8) is 0 Å². The van der Waals surface area contributed by atoms with Crippen LogP contribution in [0.15, 0.2) is 54.6 Å². The largest absolute Gasteiger partial charge is 0.337 e. The summed E-state index contributed by atoms with van der Waals surface area (Å²) >= 11 is 0. The first kappa shape index (κ1) is 22.5. The smallest absolute Gasteiger partial charge is 0.255 e. The molecule has 35 heavy (non-hydrogen) atoms. The number of carbonyl (C=O) groups excluding carboxylic acids is 1. The van der Waals surface area contributed by atoms with Crippen molar-refractivity contribution < 1.29 is 4.79 Å². The first-order chi connectivity index (χ1) is 17.2. The van der Waals surface area contributed by atoms with Gasteiger partial charge in [-0.05, 0) is 59.0 Å². The Hall–Kier alpha value is -2.95. The van der Waals surface area contributed by atoms with Crippen LogP contribution in [0.5, 0.6) is 0 Å². The molecule has 180 valence electrons. The molecule has 4 nitrogen and oxygen atoms in total. The molecular formula is C31H35N3O. The van der Waals surface area contributed by atoms with Gasteiger partial charge in [-0.1, -0.05) is 66.2 Å². The zero-order valence-corrected chi connectivity index (χ0v) is 20.7. The molecule has 1 aliphatic carbocycles. The summed E-state index contributed by atoms with van der Waals surface area (Å²) in [6.07, 6.45) is 7.71. The maximum absolute atomic E-state index is 13.9. The fourth-order valence-corrected chi connectivity index (χ4v) is 6.09. The van der Waals surface area contributed by atoms with Gasteiger partial charge in [0.2, 0.25) is 0 Å². The Balaban J connectivity index is 1.14. The van der Waals surface area contributed by atoms with Gasteiger partial charge in [0.05, 0.1) is 5.56 Å². The Morgan fingerprint density at radius 2 is 1.69 bits per heavy atom. The van der Waals surface area contributed by atoms with E-state index in [1.807, 2.05) is 0 Å². The lowest BCUT2D eigenvalue weighted by atomic mass is 9.95. The monoisotopic (exact) mass is 465 g/mol. The lowest BCUT2D eigenvalue weighted by Crippen LogP contribution is -2.51. The molecule has 3 aromatic rings. The summed E-state index contributed by atoms with van der Waals surface area (Å²) in [6.45, 7) is 9.25. The highest BCUT2D eigenvalue weighted by atomic mass is 16.2. The molecule has 1 amide bonds. The number of hydrogen-bond donors (Lipinski definition) is 0. The Kier molecular flexibility index (Phi) is 6.17. The summed E-state index contributed by atoms with van der Waals surface area (Å²) in [7, 11) is 0. The first-order valence-electron chi connectivity index (χ1n) is 13.2. The Morgan fingerprint density at radius 1 is 0.914 bits per heavy atom. The van der Waals surface area contributed by atoms with Crippen LogP contribution in [0, 0.1) is 6.92 Å². The van der Waals surface area contributed by atoms with E-state index in [2.05, 4.69) is 88.4 Å². The number of nitrogens with zero attached hydrogens (tertiary/aromatic N) is 3. The van der Waals surface area contributed by atoms with Crippen molar-refractivity contribution in [1.29, 1.82) is 0 Å². The molecule has 3 aromatic carbocycles. The van der Waals surface area contributed by atoms with Crippen LogP contribution in [0.4, 0.5) is 0 Å². The number of rotatable bonds is 4. The number of piperazine rings is 1. The zero-order chi connectivity index (χ0) is 23.8. The van der Waals surface area contributed by atoms with Gasteiger partial charge in [0.15, 0.2) is 0 Å². The number of benzene rings is 3. The van der Waals surface area contributed by atoms with E-state index in [4.69, 9.17) is 0 Å². The number of amides is 1. The van der Waals surface area contributed by atoms with Crippen LogP contribution in [0.2, 0.25) is 0 Å². The molecule has 2 heterocycles. The van der Waals surface area contributed by atoms with Crippen LogP contribution in [0.1, 0.15) is 40.7 Å². The van der Waals surface area contributed by atoms with Gasteiger partial charge in [-0.3, -0.25) is 14.6 Å². The molecule has 0 bridgehead atoms. The highest BCUT2D eigenvalue weighted by Crippen LogP contribution is 2.23. The molecule has 1 atom stereocenters. The van der Waals surface area contributed by atoms with Crippen molar-refractivity contribution in [2.24, 2.45) is 0 Å². The van der Waals surface area contributed by atoms with E-state index in [0.717, 1.165) is 81.2 Å². The van der Waals surface area contributed by atoms with E-state index in [1.54, 1.807) is 0 Å². The van der Waals surface area contributed by atoms with Crippen LogP contribution in [-0.2, 0) is 6.54 Å². The summed E-state index contributed by atoms with van der Waals surface area (Å²) in [6, 6.07) is 20.0. The Morgan fingerprint density at radius 3 is 2.51 bits per heavy atom. The van der Waals surface area contributed by atoms with E-state index < -0.39 is 0 Å². The minimum absolute atomic E-state index is 0.213. The molecule has 2 fully saturated rings. The zero-order valence-electron chi connectivity index (χ0n) is 20.7. The fraction of sp³-hybridized carbons (Fsp3) is 0.387. The van der Waals surface area contributed by atoms with Crippen molar-refractivity contribution >= 4 is 28.8 Å². The Bertz CT molecular complexity index is 1350. The number of likely N-dealkylation sites (tertiary alicyclic amines) is 1.